The van der Waals surface area contributed by atoms with Gasteiger partial charge in [0.15, 0.2) is 0 Å². The van der Waals surface area contributed by atoms with Crippen LogP contribution in [0.25, 0.3) is 0 Å². The van der Waals surface area contributed by atoms with Crippen molar-refractivity contribution in [3.8, 4) is 0 Å². The molecule has 2 rings (SSSR count). The second-order valence-electron chi connectivity index (χ2n) is 4.59. The van der Waals surface area contributed by atoms with Crippen LogP contribution in [0.4, 0.5) is 10.1 Å². The van der Waals surface area contributed by atoms with Crippen molar-refractivity contribution in [2.45, 2.75) is 26.0 Å². The summed E-state index contributed by atoms with van der Waals surface area (Å²) in [6.45, 7) is 7.35. The summed E-state index contributed by atoms with van der Waals surface area (Å²) in [4.78, 5) is 2.06. The Morgan fingerprint density at radius 3 is 2.89 bits per heavy atom. The van der Waals surface area contributed by atoms with E-state index in [0.29, 0.717) is 5.69 Å². The van der Waals surface area contributed by atoms with Gasteiger partial charge in [-0.05, 0) is 26.0 Å². The molecule has 1 saturated heterocycles. The lowest BCUT2D eigenvalue weighted by Gasteiger charge is -2.37. The van der Waals surface area contributed by atoms with Crippen LogP contribution in [0.2, 0.25) is 0 Å². The molecule has 0 spiro atoms. The van der Waals surface area contributed by atoms with Gasteiger partial charge in [-0.25, -0.2) is 4.39 Å². The van der Waals surface area contributed by atoms with Gasteiger partial charge in [0.2, 0.25) is 0 Å². The molecule has 0 radical (unpaired) electrons. The number of anilines is 1. The molecule has 1 aliphatic heterocycles. The SMILES string of the molecule is CCN(c1ccccc1F)C(C)C1CNCCO1. The van der Waals surface area contributed by atoms with Crippen LogP contribution in [0.3, 0.4) is 0 Å². The van der Waals surface area contributed by atoms with E-state index in [1.165, 1.54) is 6.07 Å². The molecule has 0 bridgehead atoms. The Kier molecular flexibility index (Phi) is 4.55. The van der Waals surface area contributed by atoms with Crippen molar-refractivity contribution in [1.29, 1.82) is 0 Å². The Bertz CT molecular complexity index is 380. The molecule has 2 atom stereocenters. The molecule has 3 nitrogen and oxygen atoms in total. The number of halogens is 1. The third-order valence-electron chi connectivity index (χ3n) is 3.49. The van der Waals surface area contributed by atoms with Crippen molar-refractivity contribution in [2.24, 2.45) is 0 Å². The molecule has 1 aromatic rings. The zero-order valence-corrected chi connectivity index (χ0v) is 11.0. The van der Waals surface area contributed by atoms with Gasteiger partial charge in [0, 0.05) is 19.6 Å². The van der Waals surface area contributed by atoms with E-state index in [4.69, 9.17) is 4.74 Å². The van der Waals surface area contributed by atoms with E-state index in [2.05, 4.69) is 17.1 Å². The number of nitrogens with one attached hydrogen (secondary N) is 1. The second kappa shape index (κ2) is 6.16. The van der Waals surface area contributed by atoms with Gasteiger partial charge in [0.1, 0.15) is 5.82 Å². The van der Waals surface area contributed by atoms with Crippen LogP contribution in [-0.4, -0.2) is 38.4 Å². The summed E-state index contributed by atoms with van der Waals surface area (Å²) in [5.41, 5.74) is 0.654. The lowest BCUT2D eigenvalue weighted by Crippen LogP contribution is -2.51. The lowest BCUT2D eigenvalue weighted by molar-refractivity contribution is 0.0145. The number of nitrogens with zero attached hydrogens (tertiary/aromatic N) is 1. The molecule has 100 valence electrons. The maximum absolute atomic E-state index is 13.9. The molecule has 1 N–H and O–H groups in total. The Balaban J connectivity index is 2.14. The van der Waals surface area contributed by atoms with Gasteiger partial charge in [-0.1, -0.05) is 12.1 Å². The molecule has 1 fully saturated rings. The van der Waals surface area contributed by atoms with Gasteiger partial charge in [-0.3, -0.25) is 0 Å². The number of ether oxygens (including phenoxy) is 1. The first-order chi connectivity index (χ1) is 8.74. The molecular formula is C14H21FN2O. The molecular weight excluding hydrogens is 231 g/mol. The average molecular weight is 252 g/mol. The van der Waals surface area contributed by atoms with E-state index >= 15 is 0 Å². The van der Waals surface area contributed by atoms with Crippen LogP contribution in [0, 0.1) is 5.82 Å². The molecule has 1 aromatic carbocycles. The maximum Gasteiger partial charge on any atom is 0.146 e. The summed E-state index contributed by atoms with van der Waals surface area (Å²) in [6.07, 6.45) is 0.110. The Labute approximate surface area is 108 Å². The first-order valence-electron chi connectivity index (χ1n) is 6.57. The quantitative estimate of drug-likeness (QED) is 0.887. The van der Waals surface area contributed by atoms with Gasteiger partial charge in [0.25, 0.3) is 0 Å². The highest BCUT2D eigenvalue weighted by atomic mass is 19.1. The lowest BCUT2D eigenvalue weighted by atomic mass is 10.1. The van der Waals surface area contributed by atoms with Gasteiger partial charge in [-0.2, -0.15) is 0 Å². The predicted molar refractivity (Wildman–Crippen MR) is 71.5 cm³/mol. The highest BCUT2D eigenvalue weighted by Crippen LogP contribution is 2.23. The minimum Gasteiger partial charge on any atom is -0.373 e. The summed E-state index contributed by atoms with van der Waals surface area (Å²) in [5.74, 6) is -0.171. The van der Waals surface area contributed by atoms with Gasteiger partial charge >= 0.3 is 0 Å². The molecule has 0 aromatic heterocycles. The number of hydrogen-bond donors (Lipinski definition) is 1. The van der Waals surface area contributed by atoms with Gasteiger partial charge < -0.3 is 15.0 Å². The summed E-state index contributed by atoms with van der Waals surface area (Å²) < 4.78 is 19.6. The molecule has 18 heavy (non-hydrogen) atoms. The van der Waals surface area contributed by atoms with E-state index in [1.807, 2.05) is 19.1 Å². The number of hydrogen-bond acceptors (Lipinski definition) is 3. The van der Waals surface area contributed by atoms with E-state index in [9.17, 15) is 4.39 Å². The number of morpholine rings is 1. The van der Waals surface area contributed by atoms with Crippen LogP contribution in [0.5, 0.6) is 0 Å². The number of rotatable bonds is 4. The Morgan fingerprint density at radius 2 is 2.28 bits per heavy atom. The molecule has 0 amide bonds. The fraction of sp³-hybridized carbons (Fsp3) is 0.571. The van der Waals surface area contributed by atoms with Crippen molar-refractivity contribution in [2.75, 3.05) is 31.1 Å². The van der Waals surface area contributed by atoms with Crippen LogP contribution in [0.15, 0.2) is 24.3 Å². The fourth-order valence-corrected chi connectivity index (χ4v) is 2.46. The minimum atomic E-state index is -0.171. The minimum absolute atomic E-state index is 0.110. The average Bonchev–Trinajstić information content (AvgIpc) is 2.42. The third kappa shape index (κ3) is 2.82. The largest absolute Gasteiger partial charge is 0.373 e. The highest BCUT2D eigenvalue weighted by Gasteiger charge is 2.26. The molecule has 4 heteroatoms. The maximum atomic E-state index is 13.9. The third-order valence-corrected chi connectivity index (χ3v) is 3.49. The van der Waals surface area contributed by atoms with E-state index in [1.54, 1.807) is 6.07 Å². The van der Waals surface area contributed by atoms with Crippen molar-refractivity contribution < 1.29 is 9.13 Å². The Hall–Kier alpha value is -1.13. The van der Waals surface area contributed by atoms with Crippen LogP contribution < -0.4 is 10.2 Å². The van der Waals surface area contributed by atoms with Crippen LogP contribution in [-0.2, 0) is 4.74 Å². The van der Waals surface area contributed by atoms with Crippen molar-refractivity contribution in [3.05, 3.63) is 30.1 Å². The zero-order chi connectivity index (χ0) is 13.0. The van der Waals surface area contributed by atoms with Crippen LogP contribution in [0.1, 0.15) is 13.8 Å². The summed E-state index contributed by atoms with van der Waals surface area (Å²) in [6, 6.07) is 7.07. The van der Waals surface area contributed by atoms with Crippen molar-refractivity contribution in [1.82, 2.24) is 5.32 Å². The van der Waals surface area contributed by atoms with Crippen molar-refractivity contribution >= 4 is 5.69 Å². The first kappa shape index (κ1) is 13.3. The molecule has 1 aliphatic rings. The van der Waals surface area contributed by atoms with E-state index in [-0.39, 0.29) is 18.0 Å². The van der Waals surface area contributed by atoms with Gasteiger partial charge in [-0.15, -0.1) is 0 Å². The number of benzene rings is 1. The molecule has 2 unspecified atom stereocenters. The number of likely N-dealkylation sites (N-methyl/N-ethyl adjacent to an activating group) is 1. The summed E-state index contributed by atoms with van der Waals surface area (Å²) >= 11 is 0. The zero-order valence-electron chi connectivity index (χ0n) is 11.0. The van der Waals surface area contributed by atoms with Gasteiger partial charge in [0.05, 0.1) is 24.4 Å². The molecule has 0 aliphatic carbocycles. The number of para-hydroxylation sites is 1. The van der Waals surface area contributed by atoms with E-state index < -0.39 is 0 Å². The fourth-order valence-electron chi connectivity index (χ4n) is 2.46. The summed E-state index contributed by atoms with van der Waals surface area (Å²) in [5, 5.41) is 3.32. The normalized spacial score (nSPS) is 21.6. The Morgan fingerprint density at radius 1 is 1.50 bits per heavy atom. The second-order valence-corrected chi connectivity index (χ2v) is 4.59. The standard InChI is InChI=1S/C14H21FN2O/c1-3-17(13-7-5-4-6-12(13)15)11(2)14-10-16-8-9-18-14/h4-7,11,14,16H,3,8-10H2,1-2H3. The molecule has 1 heterocycles. The topological polar surface area (TPSA) is 24.5 Å². The predicted octanol–water partition coefficient (Wildman–Crippen LogP) is 2.03. The van der Waals surface area contributed by atoms with Crippen molar-refractivity contribution in [3.63, 3.8) is 0 Å². The van der Waals surface area contributed by atoms with Crippen LogP contribution >= 0.6 is 0 Å². The first-order valence-corrected chi connectivity index (χ1v) is 6.57. The molecule has 0 saturated carbocycles. The monoisotopic (exact) mass is 252 g/mol. The smallest absolute Gasteiger partial charge is 0.146 e. The highest BCUT2D eigenvalue weighted by molar-refractivity contribution is 5.48. The summed E-state index contributed by atoms with van der Waals surface area (Å²) in [7, 11) is 0. The van der Waals surface area contributed by atoms with E-state index in [0.717, 1.165) is 26.2 Å².